The van der Waals surface area contributed by atoms with E-state index in [0.717, 1.165) is 21.6 Å². The quantitative estimate of drug-likeness (QED) is 0.654. The molecule has 9 heteroatoms. The van der Waals surface area contributed by atoms with Crippen molar-refractivity contribution in [1.82, 2.24) is 8.87 Å². The molecule has 2 aromatic carbocycles. The molecule has 4 rings (SSSR count). The first-order valence-corrected chi connectivity index (χ1v) is 12.1. The van der Waals surface area contributed by atoms with Crippen LogP contribution in [0, 0.1) is 5.92 Å². The molecule has 0 radical (unpaired) electrons. The number of rotatable bonds is 5. The Morgan fingerprint density at radius 1 is 1.20 bits per heavy atom. The van der Waals surface area contributed by atoms with Crippen LogP contribution < -0.4 is 10.2 Å². The number of piperidine rings is 1. The molecule has 0 spiro atoms. The zero-order valence-electron chi connectivity index (χ0n) is 16.6. The standard InChI is InChI=1S/C21H23N3O4S2/c1-2-24-18-11-10-16(13-19(18)29-21(24)26)22-20(25)15-7-6-12-23(14-15)30(27,28)17-8-4-3-5-9-17/h3-5,8-11,13,15H,2,6-7,12,14H2,1H3,(H,22,25)/t15-/m1/s1. The Kier molecular flexibility index (Phi) is 5.77. The van der Waals surface area contributed by atoms with Crippen LogP contribution in [0.2, 0.25) is 0 Å². The monoisotopic (exact) mass is 445 g/mol. The molecule has 1 aliphatic heterocycles. The maximum atomic E-state index is 12.9. The van der Waals surface area contributed by atoms with Crippen molar-refractivity contribution >= 4 is 43.2 Å². The van der Waals surface area contributed by atoms with Gasteiger partial charge in [0.05, 0.1) is 21.0 Å². The number of nitrogens with one attached hydrogen (secondary N) is 1. The summed E-state index contributed by atoms with van der Waals surface area (Å²) in [5, 5.41) is 2.90. The van der Waals surface area contributed by atoms with Crippen LogP contribution in [0.5, 0.6) is 0 Å². The molecule has 7 nitrogen and oxygen atoms in total. The second-order valence-electron chi connectivity index (χ2n) is 7.30. The van der Waals surface area contributed by atoms with Crippen LogP contribution in [0.15, 0.2) is 58.2 Å². The summed E-state index contributed by atoms with van der Waals surface area (Å²) in [6.07, 6.45) is 1.26. The van der Waals surface area contributed by atoms with Crippen LogP contribution in [0.4, 0.5) is 5.69 Å². The summed E-state index contributed by atoms with van der Waals surface area (Å²) in [6, 6.07) is 13.7. The van der Waals surface area contributed by atoms with Crippen molar-refractivity contribution in [3.05, 3.63) is 58.2 Å². The first-order valence-electron chi connectivity index (χ1n) is 9.89. The number of aryl methyl sites for hydroxylation is 1. The molecular formula is C21H23N3O4S2. The number of carbonyl (C=O) groups is 1. The largest absolute Gasteiger partial charge is 0.326 e. The van der Waals surface area contributed by atoms with Crippen molar-refractivity contribution in [1.29, 1.82) is 0 Å². The maximum Gasteiger partial charge on any atom is 0.308 e. The van der Waals surface area contributed by atoms with E-state index in [1.807, 2.05) is 13.0 Å². The number of hydrogen-bond donors (Lipinski definition) is 1. The van der Waals surface area contributed by atoms with Crippen LogP contribution in [0.25, 0.3) is 10.2 Å². The lowest BCUT2D eigenvalue weighted by molar-refractivity contribution is -0.120. The van der Waals surface area contributed by atoms with Gasteiger partial charge in [0.1, 0.15) is 0 Å². The van der Waals surface area contributed by atoms with E-state index in [1.165, 1.54) is 4.31 Å². The topological polar surface area (TPSA) is 88.5 Å². The molecule has 0 aliphatic carbocycles. The van der Waals surface area contributed by atoms with E-state index in [4.69, 9.17) is 0 Å². The number of carbonyl (C=O) groups excluding carboxylic acids is 1. The number of amides is 1. The lowest BCUT2D eigenvalue weighted by Crippen LogP contribution is -2.43. The molecule has 2 heterocycles. The van der Waals surface area contributed by atoms with Crippen LogP contribution in [0.1, 0.15) is 19.8 Å². The summed E-state index contributed by atoms with van der Waals surface area (Å²) < 4.78 is 29.7. The Morgan fingerprint density at radius 2 is 1.97 bits per heavy atom. The number of sulfonamides is 1. The van der Waals surface area contributed by atoms with Gasteiger partial charge in [-0.25, -0.2) is 8.42 Å². The third-order valence-corrected chi connectivity index (χ3v) is 8.21. The number of fused-ring (bicyclic) bond motifs is 1. The molecule has 1 N–H and O–H groups in total. The van der Waals surface area contributed by atoms with Gasteiger partial charge in [-0.05, 0) is 50.1 Å². The number of benzene rings is 2. The highest BCUT2D eigenvalue weighted by Gasteiger charge is 2.33. The lowest BCUT2D eigenvalue weighted by atomic mass is 9.98. The van der Waals surface area contributed by atoms with E-state index < -0.39 is 15.9 Å². The van der Waals surface area contributed by atoms with Gasteiger partial charge in [0.2, 0.25) is 15.9 Å². The average molecular weight is 446 g/mol. The summed E-state index contributed by atoms with van der Waals surface area (Å²) >= 11 is 1.15. The molecule has 1 atom stereocenters. The lowest BCUT2D eigenvalue weighted by Gasteiger charge is -2.31. The molecule has 0 saturated carbocycles. The Morgan fingerprint density at radius 3 is 2.70 bits per heavy atom. The number of thiazole rings is 1. The van der Waals surface area contributed by atoms with E-state index in [0.29, 0.717) is 31.6 Å². The average Bonchev–Trinajstić information content (AvgIpc) is 3.08. The summed E-state index contributed by atoms with van der Waals surface area (Å²) in [7, 11) is -3.62. The highest BCUT2D eigenvalue weighted by Crippen LogP contribution is 2.26. The first-order chi connectivity index (χ1) is 14.4. The fourth-order valence-electron chi connectivity index (χ4n) is 3.80. The van der Waals surface area contributed by atoms with Gasteiger partial charge < -0.3 is 5.32 Å². The molecule has 0 bridgehead atoms. The molecule has 0 unspecified atom stereocenters. The van der Waals surface area contributed by atoms with Gasteiger partial charge in [-0.1, -0.05) is 29.5 Å². The van der Waals surface area contributed by atoms with E-state index >= 15 is 0 Å². The highest BCUT2D eigenvalue weighted by molar-refractivity contribution is 7.89. The van der Waals surface area contributed by atoms with Gasteiger partial charge >= 0.3 is 4.87 Å². The minimum absolute atomic E-state index is 0.0231. The van der Waals surface area contributed by atoms with Gasteiger partial charge in [0.15, 0.2) is 0 Å². The van der Waals surface area contributed by atoms with Crippen molar-refractivity contribution in [3.63, 3.8) is 0 Å². The van der Waals surface area contributed by atoms with E-state index in [-0.39, 0.29) is 22.2 Å². The Labute approximate surface area is 179 Å². The molecule has 1 aliphatic rings. The summed E-state index contributed by atoms with van der Waals surface area (Å²) in [5.41, 5.74) is 1.46. The minimum Gasteiger partial charge on any atom is -0.326 e. The normalized spacial score (nSPS) is 17.8. The number of aromatic nitrogens is 1. The highest BCUT2D eigenvalue weighted by atomic mass is 32.2. The van der Waals surface area contributed by atoms with E-state index in [2.05, 4.69) is 5.32 Å². The third-order valence-electron chi connectivity index (χ3n) is 5.39. The number of nitrogens with zero attached hydrogens (tertiary/aromatic N) is 2. The van der Waals surface area contributed by atoms with Gasteiger partial charge in [0.25, 0.3) is 0 Å². The molecule has 1 fully saturated rings. The molecule has 158 valence electrons. The molecule has 1 amide bonds. The van der Waals surface area contributed by atoms with E-state index in [1.54, 1.807) is 47.0 Å². The molecular weight excluding hydrogens is 422 g/mol. The molecule has 30 heavy (non-hydrogen) atoms. The predicted molar refractivity (Wildman–Crippen MR) is 118 cm³/mol. The molecule has 3 aromatic rings. The Bertz CT molecular complexity index is 1230. The smallest absolute Gasteiger partial charge is 0.308 e. The van der Waals surface area contributed by atoms with Gasteiger partial charge in [-0.3, -0.25) is 14.2 Å². The van der Waals surface area contributed by atoms with Crippen LogP contribution in [0.3, 0.4) is 0 Å². The second-order valence-corrected chi connectivity index (χ2v) is 10.2. The van der Waals surface area contributed by atoms with Gasteiger partial charge in [-0.2, -0.15) is 4.31 Å². The minimum atomic E-state index is -3.62. The first kappa shape index (κ1) is 20.8. The summed E-state index contributed by atoms with van der Waals surface area (Å²) in [4.78, 5) is 25.1. The zero-order chi connectivity index (χ0) is 21.3. The van der Waals surface area contributed by atoms with Crippen LogP contribution >= 0.6 is 11.3 Å². The SMILES string of the molecule is CCn1c(=O)sc2cc(NC(=O)[C@@H]3CCCN(S(=O)(=O)c4ccccc4)C3)ccc21. The maximum absolute atomic E-state index is 12.9. The third kappa shape index (κ3) is 3.92. The van der Waals surface area contributed by atoms with Gasteiger partial charge in [0, 0.05) is 25.3 Å². The number of anilines is 1. The Hall–Kier alpha value is -2.49. The van der Waals surface area contributed by atoms with Gasteiger partial charge in [-0.15, -0.1) is 0 Å². The van der Waals surface area contributed by atoms with E-state index in [9.17, 15) is 18.0 Å². The fraction of sp³-hybridized carbons (Fsp3) is 0.333. The molecule has 1 saturated heterocycles. The summed E-state index contributed by atoms with van der Waals surface area (Å²) in [5.74, 6) is -0.628. The van der Waals surface area contributed by atoms with Crippen LogP contribution in [-0.2, 0) is 21.4 Å². The fourth-order valence-corrected chi connectivity index (χ4v) is 6.34. The zero-order valence-corrected chi connectivity index (χ0v) is 18.2. The van der Waals surface area contributed by atoms with Crippen molar-refractivity contribution in [3.8, 4) is 0 Å². The number of hydrogen-bond acceptors (Lipinski definition) is 5. The van der Waals surface area contributed by atoms with Crippen molar-refractivity contribution in [2.45, 2.75) is 31.2 Å². The van der Waals surface area contributed by atoms with Crippen LogP contribution in [-0.4, -0.2) is 36.3 Å². The van der Waals surface area contributed by atoms with Crippen molar-refractivity contribution < 1.29 is 13.2 Å². The second kappa shape index (κ2) is 8.33. The molecule has 1 aromatic heterocycles. The Balaban J connectivity index is 1.50. The van der Waals surface area contributed by atoms with Crippen molar-refractivity contribution in [2.75, 3.05) is 18.4 Å². The summed E-state index contributed by atoms with van der Waals surface area (Å²) in [6.45, 7) is 3.08. The van der Waals surface area contributed by atoms with Crippen molar-refractivity contribution in [2.24, 2.45) is 5.92 Å². The predicted octanol–water partition coefficient (Wildman–Crippen LogP) is 3.12.